The summed E-state index contributed by atoms with van der Waals surface area (Å²) < 4.78 is 0. The summed E-state index contributed by atoms with van der Waals surface area (Å²) in [5.41, 5.74) is 1.38. The average molecular weight is 361 g/mol. The second kappa shape index (κ2) is 7.78. The number of aromatic nitrogens is 2. The van der Waals surface area contributed by atoms with E-state index in [0.717, 1.165) is 44.5 Å². The molecule has 2 aliphatic rings. The number of hydrogen-bond donors (Lipinski definition) is 3. The van der Waals surface area contributed by atoms with Gasteiger partial charge in [0.05, 0.1) is 6.04 Å². The first kappa shape index (κ1) is 18.9. The van der Waals surface area contributed by atoms with Crippen molar-refractivity contribution in [1.82, 2.24) is 25.7 Å². The lowest BCUT2D eigenvalue weighted by molar-refractivity contribution is -0.123. The molecule has 7 heteroatoms. The summed E-state index contributed by atoms with van der Waals surface area (Å²) in [5.74, 6) is 0.373. The average Bonchev–Trinajstić information content (AvgIpc) is 3.30. The number of rotatable bonds is 4. The molecule has 3 heterocycles. The van der Waals surface area contributed by atoms with Crippen LogP contribution in [0.1, 0.15) is 62.6 Å². The van der Waals surface area contributed by atoms with Gasteiger partial charge >= 0.3 is 0 Å². The monoisotopic (exact) mass is 361 g/mol. The zero-order chi connectivity index (χ0) is 18.7. The van der Waals surface area contributed by atoms with Crippen LogP contribution in [0.25, 0.3) is 0 Å². The van der Waals surface area contributed by atoms with Gasteiger partial charge in [0.2, 0.25) is 5.91 Å². The highest BCUT2D eigenvalue weighted by Crippen LogP contribution is 2.22. The molecule has 2 saturated heterocycles. The van der Waals surface area contributed by atoms with Gasteiger partial charge in [0.25, 0.3) is 5.91 Å². The molecule has 2 amide bonds. The van der Waals surface area contributed by atoms with Crippen molar-refractivity contribution in [1.29, 1.82) is 0 Å². The van der Waals surface area contributed by atoms with Gasteiger partial charge in [-0.3, -0.25) is 14.7 Å². The lowest BCUT2D eigenvalue weighted by Gasteiger charge is -2.32. The first-order valence-electron chi connectivity index (χ1n) is 9.71. The molecule has 3 N–H and O–H groups in total. The van der Waals surface area contributed by atoms with E-state index in [1.165, 1.54) is 0 Å². The molecule has 2 unspecified atom stereocenters. The second-order valence-electron chi connectivity index (χ2n) is 8.57. The Bertz CT molecular complexity index is 643. The maximum absolute atomic E-state index is 12.8. The van der Waals surface area contributed by atoms with Crippen LogP contribution in [0.4, 0.5) is 0 Å². The Hall–Kier alpha value is -1.89. The van der Waals surface area contributed by atoms with Gasteiger partial charge in [-0.15, -0.1) is 0 Å². The molecule has 0 radical (unpaired) electrons. The van der Waals surface area contributed by atoms with Crippen LogP contribution in [0.2, 0.25) is 0 Å². The van der Waals surface area contributed by atoms with Gasteiger partial charge in [-0.2, -0.15) is 5.10 Å². The number of piperidine rings is 1. The van der Waals surface area contributed by atoms with Gasteiger partial charge in [0.15, 0.2) is 0 Å². The van der Waals surface area contributed by atoms with Crippen LogP contribution in [-0.4, -0.2) is 59.1 Å². The minimum Gasteiger partial charge on any atom is -0.354 e. The summed E-state index contributed by atoms with van der Waals surface area (Å²) in [6, 6.07) is 1.82. The van der Waals surface area contributed by atoms with E-state index in [-0.39, 0.29) is 23.3 Å². The van der Waals surface area contributed by atoms with E-state index in [0.29, 0.717) is 24.7 Å². The van der Waals surface area contributed by atoms with Crippen molar-refractivity contribution in [3.8, 4) is 0 Å². The summed E-state index contributed by atoms with van der Waals surface area (Å²) in [7, 11) is 0. The van der Waals surface area contributed by atoms with Gasteiger partial charge in [-0.1, -0.05) is 20.8 Å². The number of nitrogens with one attached hydrogen (secondary N) is 3. The van der Waals surface area contributed by atoms with E-state index >= 15 is 0 Å². The molecule has 1 aromatic rings. The fourth-order valence-corrected chi connectivity index (χ4v) is 3.67. The van der Waals surface area contributed by atoms with Crippen molar-refractivity contribution < 1.29 is 9.59 Å². The predicted octanol–water partition coefficient (Wildman–Crippen LogP) is 1.43. The SMILES string of the molecule is CC(C)(C)c1cc(C(=O)N2CCCC(CNC(=O)C3CCCN3)C2)n[nH]1. The predicted molar refractivity (Wildman–Crippen MR) is 99.9 cm³/mol. The highest BCUT2D eigenvalue weighted by Gasteiger charge is 2.28. The summed E-state index contributed by atoms with van der Waals surface area (Å²) >= 11 is 0. The zero-order valence-corrected chi connectivity index (χ0v) is 16.1. The molecule has 7 nitrogen and oxygen atoms in total. The van der Waals surface area contributed by atoms with Crippen LogP contribution in [0.15, 0.2) is 6.07 Å². The van der Waals surface area contributed by atoms with E-state index in [1.807, 2.05) is 11.0 Å². The first-order valence-corrected chi connectivity index (χ1v) is 9.71. The van der Waals surface area contributed by atoms with Gasteiger partial charge in [0.1, 0.15) is 5.69 Å². The summed E-state index contributed by atoms with van der Waals surface area (Å²) in [5, 5.41) is 13.5. The quantitative estimate of drug-likeness (QED) is 0.757. The minimum atomic E-state index is -0.0610. The van der Waals surface area contributed by atoms with Crippen LogP contribution in [0, 0.1) is 5.92 Å². The van der Waals surface area contributed by atoms with Gasteiger partial charge in [0, 0.05) is 30.7 Å². The molecule has 26 heavy (non-hydrogen) atoms. The van der Waals surface area contributed by atoms with Crippen LogP contribution in [-0.2, 0) is 10.2 Å². The molecule has 2 atom stereocenters. The Kier molecular flexibility index (Phi) is 5.65. The third-order valence-corrected chi connectivity index (χ3v) is 5.35. The normalized spacial score (nSPS) is 23.9. The van der Waals surface area contributed by atoms with Crippen LogP contribution < -0.4 is 10.6 Å². The molecule has 0 bridgehead atoms. The fourth-order valence-electron chi connectivity index (χ4n) is 3.67. The molecular formula is C19H31N5O2. The van der Waals surface area contributed by atoms with Crippen molar-refractivity contribution in [3.63, 3.8) is 0 Å². The summed E-state index contributed by atoms with van der Waals surface area (Å²) in [6.45, 7) is 9.26. The molecule has 2 aliphatic heterocycles. The minimum absolute atomic E-state index is 0.0229. The van der Waals surface area contributed by atoms with Crippen molar-refractivity contribution in [2.45, 2.75) is 57.9 Å². The number of hydrogen-bond acceptors (Lipinski definition) is 4. The first-order chi connectivity index (χ1) is 12.3. The Morgan fingerprint density at radius 2 is 2.12 bits per heavy atom. The molecule has 0 saturated carbocycles. The molecule has 3 rings (SSSR count). The van der Waals surface area contributed by atoms with E-state index in [2.05, 4.69) is 41.6 Å². The number of carbonyl (C=O) groups is 2. The number of aromatic amines is 1. The van der Waals surface area contributed by atoms with E-state index < -0.39 is 0 Å². The van der Waals surface area contributed by atoms with Crippen molar-refractivity contribution in [2.24, 2.45) is 5.92 Å². The molecule has 0 spiro atoms. The number of H-pyrrole nitrogens is 1. The molecule has 0 aromatic carbocycles. The summed E-state index contributed by atoms with van der Waals surface area (Å²) in [6.07, 6.45) is 3.97. The lowest BCUT2D eigenvalue weighted by atomic mass is 9.92. The third-order valence-electron chi connectivity index (χ3n) is 5.35. The Morgan fingerprint density at radius 1 is 1.31 bits per heavy atom. The number of likely N-dealkylation sites (tertiary alicyclic amines) is 1. The van der Waals surface area contributed by atoms with Crippen LogP contribution in [0.5, 0.6) is 0 Å². The second-order valence-corrected chi connectivity index (χ2v) is 8.57. The highest BCUT2D eigenvalue weighted by atomic mass is 16.2. The Balaban J connectivity index is 1.53. The molecule has 144 valence electrons. The van der Waals surface area contributed by atoms with Gasteiger partial charge < -0.3 is 15.5 Å². The molecular weight excluding hydrogens is 330 g/mol. The van der Waals surface area contributed by atoms with Gasteiger partial charge in [-0.25, -0.2) is 0 Å². The van der Waals surface area contributed by atoms with Crippen molar-refractivity contribution >= 4 is 11.8 Å². The van der Waals surface area contributed by atoms with E-state index in [4.69, 9.17) is 0 Å². The Morgan fingerprint density at radius 3 is 2.77 bits per heavy atom. The largest absolute Gasteiger partial charge is 0.354 e. The fraction of sp³-hybridized carbons (Fsp3) is 0.737. The smallest absolute Gasteiger partial charge is 0.274 e. The molecule has 1 aromatic heterocycles. The maximum atomic E-state index is 12.8. The lowest BCUT2D eigenvalue weighted by Crippen LogP contribution is -2.46. The van der Waals surface area contributed by atoms with E-state index in [9.17, 15) is 9.59 Å². The topological polar surface area (TPSA) is 90.1 Å². The summed E-state index contributed by atoms with van der Waals surface area (Å²) in [4.78, 5) is 26.8. The van der Waals surface area contributed by atoms with Crippen molar-refractivity contribution in [2.75, 3.05) is 26.2 Å². The van der Waals surface area contributed by atoms with Crippen LogP contribution >= 0.6 is 0 Å². The number of nitrogens with zero attached hydrogens (tertiary/aromatic N) is 2. The maximum Gasteiger partial charge on any atom is 0.274 e. The standard InChI is InChI=1S/C19H31N5O2/c1-19(2,3)16-10-15(22-23-16)18(26)24-9-5-6-13(12-24)11-21-17(25)14-7-4-8-20-14/h10,13-14,20H,4-9,11-12H2,1-3H3,(H,21,25)(H,22,23). The third kappa shape index (κ3) is 4.44. The number of carbonyl (C=O) groups excluding carboxylic acids is 2. The Labute approximate surface area is 155 Å². The van der Waals surface area contributed by atoms with Crippen molar-refractivity contribution in [3.05, 3.63) is 17.5 Å². The van der Waals surface area contributed by atoms with E-state index in [1.54, 1.807) is 0 Å². The molecule has 2 fully saturated rings. The van der Waals surface area contributed by atoms with Crippen LogP contribution in [0.3, 0.4) is 0 Å². The highest BCUT2D eigenvalue weighted by molar-refractivity contribution is 5.92. The van der Waals surface area contributed by atoms with Gasteiger partial charge in [-0.05, 0) is 44.2 Å². The number of amides is 2. The zero-order valence-electron chi connectivity index (χ0n) is 16.1. The molecule has 0 aliphatic carbocycles.